The molecule has 0 heterocycles. The SMILES string of the molecule is C[C@H](/C=C\[C@@H](C)O)N(NC(=O)OC(C)(C)C)C(=O)OC(C)(C)C. The molecule has 0 aromatic heterocycles. The third-order valence-corrected chi connectivity index (χ3v) is 2.28. The van der Waals surface area contributed by atoms with E-state index in [1.165, 1.54) is 6.08 Å². The quantitative estimate of drug-likeness (QED) is 0.613. The minimum Gasteiger partial charge on any atom is -0.443 e. The number of rotatable bonds is 3. The second kappa shape index (κ2) is 8.19. The Morgan fingerprint density at radius 1 is 1.00 bits per heavy atom. The Labute approximate surface area is 138 Å². The van der Waals surface area contributed by atoms with Crippen LogP contribution in [0.1, 0.15) is 55.4 Å². The van der Waals surface area contributed by atoms with Gasteiger partial charge in [0.15, 0.2) is 0 Å². The zero-order valence-corrected chi connectivity index (χ0v) is 15.3. The number of aliphatic hydroxyl groups excluding tert-OH is 1. The molecule has 0 fully saturated rings. The number of hydrogen-bond donors (Lipinski definition) is 2. The van der Waals surface area contributed by atoms with Gasteiger partial charge >= 0.3 is 12.2 Å². The van der Waals surface area contributed by atoms with Crippen LogP contribution in [0.5, 0.6) is 0 Å². The lowest BCUT2D eigenvalue weighted by Crippen LogP contribution is -2.53. The fraction of sp³-hybridized carbons (Fsp3) is 0.750. The minimum absolute atomic E-state index is 0.535. The molecule has 0 aliphatic rings. The molecule has 0 spiro atoms. The monoisotopic (exact) mass is 330 g/mol. The van der Waals surface area contributed by atoms with Crippen molar-refractivity contribution in [1.29, 1.82) is 0 Å². The van der Waals surface area contributed by atoms with Crippen LogP contribution in [-0.2, 0) is 9.47 Å². The molecular weight excluding hydrogens is 300 g/mol. The van der Waals surface area contributed by atoms with Crippen LogP contribution in [0.2, 0.25) is 0 Å². The summed E-state index contributed by atoms with van der Waals surface area (Å²) in [5.74, 6) is 0. The molecule has 0 bridgehead atoms. The number of carbonyl (C=O) groups excluding carboxylic acids is 2. The molecule has 0 saturated carbocycles. The lowest BCUT2D eigenvalue weighted by molar-refractivity contribution is -0.00345. The molecule has 0 aromatic carbocycles. The largest absolute Gasteiger partial charge is 0.443 e. The fourth-order valence-corrected chi connectivity index (χ4v) is 1.43. The smallest absolute Gasteiger partial charge is 0.429 e. The Morgan fingerprint density at radius 2 is 1.48 bits per heavy atom. The maximum atomic E-state index is 12.3. The summed E-state index contributed by atoms with van der Waals surface area (Å²) in [6.45, 7) is 13.6. The van der Waals surface area contributed by atoms with Crippen molar-refractivity contribution in [2.24, 2.45) is 0 Å². The number of hydrazine groups is 1. The third kappa shape index (κ3) is 10.6. The molecular formula is C16H30N2O5. The number of ether oxygens (including phenoxy) is 2. The van der Waals surface area contributed by atoms with Crippen LogP contribution in [0.3, 0.4) is 0 Å². The van der Waals surface area contributed by atoms with Gasteiger partial charge in [0.05, 0.1) is 12.1 Å². The summed E-state index contributed by atoms with van der Waals surface area (Å²) in [5.41, 5.74) is 0.982. The molecule has 0 radical (unpaired) electrons. The highest BCUT2D eigenvalue weighted by Crippen LogP contribution is 2.13. The van der Waals surface area contributed by atoms with E-state index in [9.17, 15) is 14.7 Å². The van der Waals surface area contributed by atoms with Crippen molar-refractivity contribution in [3.05, 3.63) is 12.2 Å². The Morgan fingerprint density at radius 3 is 1.87 bits per heavy atom. The normalized spacial score (nSPS) is 15.0. The molecule has 0 saturated heterocycles. The van der Waals surface area contributed by atoms with Gasteiger partial charge in [0.1, 0.15) is 11.2 Å². The first-order valence-corrected chi connectivity index (χ1v) is 7.59. The molecule has 2 amide bonds. The molecule has 2 N–H and O–H groups in total. The molecule has 0 aromatic rings. The van der Waals surface area contributed by atoms with E-state index in [-0.39, 0.29) is 0 Å². The Bertz CT molecular complexity index is 433. The van der Waals surface area contributed by atoms with Crippen molar-refractivity contribution >= 4 is 12.2 Å². The highest BCUT2D eigenvalue weighted by Gasteiger charge is 2.28. The van der Waals surface area contributed by atoms with Gasteiger partial charge in [-0.15, -0.1) is 0 Å². The van der Waals surface area contributed by atoms with Crippen molar-refractivity contribution in [2.75, 3.05) is 0 Å². The highest BCUT2D eigenvalue weighted by molar-refractivity contribution is 5.74. The van der Waals surface area contributed by atoms with Gasteiger partial charge in [-0.1, -0.05) is 12.2 Å². The lowest BCUT2D eigenvalue weighted by atomic mass is 10.2. The molecule has 0 aliphatic carbocycles. The van der Waals surface area contributed by atoms with Crippen LogP contribution >= 0.6 is 0 Å². The van der Waals surface area contributed by atoms with Crippen molar-refractivity contribution in [3.63, 3.8) is 0 Å². The Kier molecular flexibility index (Phi) is 7.57. The van der Waals surface area contributed by atoms with Crippen LogP contribution in [0, 0.1) is 0 Å². The second-order valence-electron chi connectivity index (χ2n) is 7.33. The zero-order valence-electron chi connectivity index (χ0n) is 15.3. The summed E-state index contributed by atoms with van der Waals surface area (Å²) in [4.78, 5) is 24.2. The van der Waals surface area contributed by atoms with Crippen LogP contribution in [0.15, 0.2) is 12.2 Å². The predicted molar refractivity (Wildman–Crippen MR) is 87.7 cm³/mol. The number of aliphatic hydroxyl groups is 1. The highest BCUT2D eigenvalue weighted by atomic mass is 16.6. The maximum Gasteiger partial charge on any atom is 0.429 e. The van der Waals surface area contributed by atoms with Gasteiger partial charge in [0.2, 0.25) is 0 Å². The summed E-state index contributed by atoms with van der Waals surface area (Å²) in [6, 6.07) is -0.535. The van der Waals surface area contributed by atoms with E-state index in [4.69, 9.17) is 9.47 Å². The van der Waals surface area contributed by atoms with E-state index in [2.05, 4.69) is 5.43 Å². The topological polar surface area (TPSA) is 88.1 Å². The van der Waals surface area contributed by atoms with E-state index in [0.717, 1.165) is 5.01 Å². The van der Waals surface area contributed by atoms with E-state index in [0.29, 0.717) is 0 Å². The van der Waals surface area contributed by atoms with Crippen LogP contribution in [0.25, 0.3) is 0 Å². The average molecular weight is 330 g/mol. The zero-order chi connectivity index (χ0) is 18.4. The number of nitrogens with zero attached hydrogens (tertiary/aromatic N) is 1. The fourth-order valence-electron chi connectivity index (χ4n) is 1.43. The first kappa shape index (κ1) is 21.2. The van der Waals surface area contributed by atoms with Gasteiger partial charge in [-0.05, 0) is 55.4 Å². The van der Waals surface area contributed by atoms with Crippen LogP contribution in [-0.4, -0.2) is 45.6 Å². The molecule has 7 nitrogen and oxygen atoms in total. The standard InChI is InChI=1S/C16H30N2O5/c1-11(9-10-12(2)19)18(14(21)23-16(6,7)8)17-13(20)22-15(3,4)5/h9-12,19H,1-8H3,(H,17,20)/b10-9-/t11-,12-/m1/s1. The summed E-state index contributed by atoms with van der Waals surface area (Å²) in [6.07, 6.45) is 0.955. The molecule has 23 heavy (non-hydrogen) atoms. The van der Waals surface area contributed by atoms with Crippen molar-refractivity contribution in [2.45, 2.75) is 78.7 Å². The minimum atomic E-state index is -0.763. The summed E-state index contributed by atoms with van der Waals surface area (Å²) in [7, 11) is 0. The molecule has 0 rings (SSSR count). The van der Waals surface area contributed by atoms with E-state index in [1.54, 1.807) is 61.5 Å². The predicted octanol–water partition coefficient (Wildman–Crippen LogP) is 2.99. The molecule has 0 aliphatic heterocycles. The van der Waals surface area contributed by atoms with E-state index >= 15 is 0 Å². The lowest BCUT2D eigenvalue weighted by Gasteiger charge is -2.31. The first-order valence-electron chi connectivity index (χ1n) is 7.59. The maximum absolute atomic E-state index is 12.3. The summed E-state index contributed by atoms with van der Waals surface area (Å²) < 4.78 is 10.4. The number of amides is 2. The Balaban J connectivity index is 5.14. The second-order valence-corrected chi connectivity index (χ2v) is 7.33. The van der Waals surface area contributed by atoms with Gasteiger partial charge in [-0.25, -0.2) is 20.0 Å². The van der Waals surface area contributed by atoms with Gasteiger partial charge in [0.25, 0.3) is 0 Å². The number of carbonyl (C=O) groups is 2. The summed E-state index contributed by atoms with van der Waals surface area (Å²) >= 11 is 0. The van der Waals surface area contributed by atoms with Crippen molar-refractivity contribution in [1.82, 2.24) is 10.4 Å². The van der Waals surface area contributed by atoms with Gasteiger partial charge in [0, 0.05) is 0 Å². The molecule has 134 valence electrons. The Hall–Kier alpha value is -1.76. The molecule has 0 unspecified atom stereocenters. The average Bonchev–Trinajstić information content (AvgIpc) is 2.28. The summed E-state index contributed by atoms with van der Waals surface area (Å²) in [5, 5.41) is 10.3. The molecule has 7 heteroatoms. The van der Waals surface area contributed by atoms with Crippen LogP contribution < -0.4 is 5.43 Å². The van der Waals surface area contributed by atoms with Crippen molar-refractivity contribution in [3.8, 4) is 0 Å². The van der Waals surface area contributed by atoms with Gasteiger partial charge in [-0.2, -0.15) is 0 Å². The number of nitrogens with one attached hydrogen (secondary N) is 1. The third-order valence-electron chi connectivity index (χ3n) is 2.28. The van der Waals surface area contributed by atoms with E-state index in [1.807, 2.05) is 0 Å². The first-order chi connectivity index (χ1) is 10.2. The van der Waals surface area contributed by atoms with Crippen molar-refractivity contribution < 1.29 is 24.2 Å². The molecule has 2 atom stereocenters. The van der Waals surface area contributed by atoms with E-state index < -0.39 is 35.5 Å². The van der Waals surface area contributed by atoms with Crippen LogP contribution in [0.4, 0.5) is 9.59 Å². The van der Waals surface area contributed by atoms with Gasteiger partial charge < -0.3 is 14.6 Å². The van der Waals surface area contributed by atoms with Gasteiger partial charge in [-0.3, -0.25) is 0 Å². The number of hydrogen-bond acceptors (Lipinski definition) is 5.